The lowest BCUT2D eigenvalue weighted by Gasteiger charge is -2.07. The number of benzene rings is 1. The average Bonchev–Trinajstić information content (AvgIpc) is 2.79. The summed E-state index contributed by atoms with van der Waals surface area (Å²) in [6, 6.07) is 7.04. The van der Waals surface area contributed by atoms with Crippen LogP contribution in [0.15, 0.2) is 34.1 Å². The maximum absolute atomic E-state index is 12.2. The van der Waals surface area contributed by atoms with Gasteiger partial charge in [0.25, 0.3) is 5.91 Å². The third-order valence-electron chi connectivity index (χ3n) is 2.67. The molecule has 0 saturated heterocycles. The first-order valence-corrected chi connectivity index (χ1v) is 7.43. The molecule has 1 amide bonds. The first kappa shape index (κ1) is 14.7. The minimum absolute atomic E-state index is 0.266. The number of methoxy groups -OCH3 is 1. The van der Waals surface area contributed by atoms with Gasteiger partial charge in [-0.2, -0.15) is 0 Å². The lowest BCUT2D eigenvalue weighted by atomic mass is 10.2. The summed E-state index contributed by atoms with van der Waals surface area (Å²) in [6.45, 7) is 1.83. The predicted octanol–water partition coefficient (Wildman–Crippen LogP) is 3.86. The molecule has 1 aromatic carbocycles. The SMILES string of the molecule is COC(=O)c1scc(C)c1NC(=O)c1cccc(Br)c1. The number of amides is 1. The second kappa shape index (κ2) is 6.19. The van der Waals surface area contributed by atoms with Crippen LogP contribution in [0.4, 0.5) is 5.69 Å². The zero-order chi connectivity index (χ0) is 14.7. The maximum Gasteiger partial charge on any atom is 0.350 e. The fraction of sp³-hybridized carbons (Fsp3) is 0.143. The molecule has 2 aromatic rings. The van der Waals surface area contributed by atoms with E-state index in [1.807, 2.05) is 18.4 Å². The third-order valence-corrected chi connectivity index (χ3v) is 4.24. The highest BCUT2D eigenvalue weighted by atomic mass is 79.9. The van der Waals surface area contributed by atoms with Gasteiger partial charge in [0.05, 0.1) is 12.8 Å². The summed E-state index contributed by atoms with van der Waals surface area (Å²) < 4.78 is 5.53. The Labute approximate surface area is 128 Å². The van der Waals surface area contributed by atoms with E-state index in [2.05, 4.69) is 21.2 Å². The quantitative estimate of drug-likeness (QED) is 0.852. The Balaban J connectivity index is 2.28. The van der Waals surface area contributed by atoms with Crippen molar-refractivity contribution in [3.05, 3.63) is 50.1 Å². The van der Waals surface area contributed by atoms with Crippen LogP contribution in [0, 0.1) is 6.92 Å². The van der Waals surface area contributed by atoms with Crippen LogP contribution in [-0.2, 0) is 4.74 Å². The normalized spacial score (nSPS) is 10.2. The number of thiophene rings is 1. The standard InChI is InChI=1S/C14H12BrNO3S/c1-8-7-20-12(14(18)19-2)11(8)16-13(17)9-4-3-5-10(15)6-9/h3-7H,1-2H3,(H,16,17). The van der Waals surface area contributed by atoms with Crippen LogP contribution in [0.1, 0.15) is 25.6 Å². The first-order valence-electron chi connectivity index (χ1n) is 5.76. The Morgan fingerprint density at radius 3 is 2.75 bits per heavy atom. The van der Waals surface area contributed by atoms with E-state index in [0.29, 0.717) is 16.1 Å². The molecule has 2 rings (SSSR count). The van der Waals surface area contributed by atoms with Crippen LogP contribution >= 0.6 is 27.3 Å². The van der Waals surface area contributed by atoms with E-state index in [4.69, 9.17) is 4.74 Å². The van der Waals surface area contributed by atoms with E-state index in [1.165, 1.54) is 18.4 Å². The van der Waals surface area contributed by atoms with Crippen LogP contribution in [0.2, 0.25) is 0 Å². The zero-order valence-corrected chi connectivity index (χ0v) is 13.3. The largest absolute Gasteiger partial charge is 0.465 e. The Bertz CT molecular complexity index is 666. The van der Waals surface area contributed by atoms with Gasteiger partial charge < -0.3 is 10.1 Å². The number of ether oxygens (including phenoxy) is 1. The molecule has 0 spiro atoms. The number of carbonyl (C=O) groups excluding carboxylic acids is 2. The molecule has 0 unspecified atom stereocenters. The molecule has 0 radical (unpaired) electrons. The second-order valence-electron chi connectivity index (χ2n) is 4.08. The van der Waals surface area contributed by atoms with Gasteiger partial charge in [-0.05, 0) is 36.1 Å². The van der Waals surface area contributed by atoms with Gasteiger partial charge in [0.2, 0.25) is 0 Å². The van der Waals surface area contributed by atoms with E-state index < -0.39 is 5.97 Å². The number of nitrogens with one attached hydrogen (secondary N) is 1. The number of halogens is 1. The summed E-state index contributed by atoms with van der Waals surface area (Å²) in [5.74, 6) is -0.717. The number of carbonyl (C=O) groups is 2. The van der Waals surface area contributed by atoms with Gasteiger partial charge in [-0.15, -0.1) is 11.3 Å². The van der Waals surface area contributed by atoms with Gasteiger partial charge in [0.15, 0.2) is 0 Å². The van der Waals surface area contributed by atoms with Gasteiger partial charge in [-0.3, -0.25) is 4.79 Å². The molecular weight excluding hydrogens is 342 g/mol. The Kier molecular flexibility index (Phi) is 4.57. The minimum Gasteiger partial charge on any atom is -0.465 e. The molecule has 0 atom stereocenters. The third kappa shape index (κ3) is 3.08. The van der Waals surface area contributed by atoms with Crippen molar-refractivity contribution in [2.24, 2.45) is 0 Å². The number of hydrogen-bond donors (Lipinski definition) is 1. The number of aryl methyl sites for hydroxylation is 1. The Hall–Kier alpha value is -1.66. The summed E-state index contributed by atoms with van der Waals surface area (Å²) in [5.41, 5.74) is 1.85. The van der Waals surface area contributed by atoms with Crippen LogP contribution in [0.25, 0.3) is 0 Å². The van der Waals surface area contributed by atoms with E-state index in [-0.39, 0.29) is 5.91 Å². The van der Waals surface area contributed by atoms with Crippen molar-refractivity contribution in [2.45, 2.75) is 6.92 Å². The van der Waals surface area contributed by atoms with Crippen LogP contribution in [0.5, 0.6) is 0 Å². The number of hydrogen-bond acceptors (Lipinski definition) is 4. The first-order chi connectivity index (χ1) is 9.52. The fourth-order valence-electron chi connectivity index (χ4n) is 1.66. The molecule has 0 fully saturated rings. The topological polar surface area (TPSA) is 55.4 Å². The smallest absolute Gasteiger partial charge is 0.350 e. The molecule has 0 bridgehead atoms. The summed E-state index contributed by atoms with van der Waals surface area (Å²) in [5, 5.41) is 4.58. The van der Waals surface area contributed by atoms with Crippen molar-refractivity contribution >= 4 is 44.8 Å². The summed E-state index contributed by atoms with van der Waals surface area (Å²) >= 11 is 4.57. The Morgan fingerprint density at radius 1 is 1.35 bits per heavy atom. The van der Waals surface area contributed by atoms with E-state index >= 15 is 0 Å². The van der Waals surface area contributed by atoms with E-state index in [9.17, 15) is 9.59 Å². The van der Waals surface area contributed by atoms with Crippen molar-refractivity contribution in [1.29, 1.82) is 0 Å². The molecule has 0 saturated carbocycles. The average molecular weight is 354 g/mol. The number of rotatable bonds is 3. The molecule has 1 N–H and O–H groups in total. The van der Waals surface area contributed by atoms with E-state index in [0.717, 1.165) is 10.0 Å². The monoisotopic (exact) mass is 353 g/mol. The van der Waals surface area contributed by atoms with Crippen molar-refractivity contribution in [3.63, 3.8) is 0 Å². The lowest BCUT2D eigenvalue weighted by Crippen LogP contribution is -2.14. The molecule has 1 heterocycles. The lowest BCUT2D eigenvalue weighted by molar-refractivity contribution is 0.0607. The number of esters is 1. The van der Waals surface area contributed by atoms with Gasteiger partial charge in [-0.1, -0.05) is 22.0 Å². The molecule has 1 aromatic heterocycles. The molecule has 0 aliphatic heterocycles. The van der Waals surface area contributed by atoms with Crippen LogP contribution < -0.4 is 5.32 Å². The van der Waals surface area contributed by atoms with Gasteiger partial charge >= 0.3 is 5.97 Å². The number of anilines is 1. The predicted molar refractivity (Wildman–Crippen MR) is 82.5 cm³/mol. The fourth-order valence-corrected chi connectivity index (χ4v) is 2.98. The van der Waals surface area contributed by atoms with Gasteiger partial charge in [0.1, 0.15) is 4.88 Å². The van der Waals surface area contributed by atoms with Gasteiger partial charge in [0, 0.05) is 10.0 Å². The molecule has 0 aliphatic rings. The van der Waals surface area contributed by atoms with Crippen molar-refractivity contribution in [1.82, 2.24) is 0 Å². The van der Waals surface area contributed by atoms with Crippen LogP contribution in [-0.4, -0.2) is 19.0 Å². The van der Waals surface area contributed by atoms with Gasteiger partial charge in [-0.25, -0.2) is 4.79 Å². The maximum atomic E-state index is 12.2. The molecule has 0 aliphatic carbocycles. The second-order valence-corrected chi connectivity index (χ2v) is 5.87. The highest BCUT2D eigenvalue weighted by Gasteiger charge is 2.19. The Morgan fingerprint density at radius 2 is 2.10 bits per heavy atom. The minimum atomic E-state index is -0.451. The highest BCUT2D eigenvalue weighted by molar-refractivity contribution is 9.10. The van der Waals surface area contributed by atoms with Crippen LogP contribution in [0.3, 0.4) is 0 Å². The molecule has 4 nitrogen and oxygen atoms in total. The molecule has 6 heteroatoms. The highest BCUT2D eigenvalue weighted by Crippen LogP contribution is 2.28. The van der Waals surface area contributed by atoms with Crippen molar-refractivity contribution in [2.75, 3.05) is 12.4 Å². The van der Waals surface area contributed by atoms with E-state index in [1.54, 1.807) is 18.2 Å². The molecular formula is C14H12BrNO3S. The summed E-state index contributed by atoms with van der Waals surface area (Å²) in [4.78, 5) is 24.2. The molecule has 104 valence electrons. The summed E-state index contributed by atoms with van der Waals surface area (Å²) in [7, 11) is 1.32. The van der Waals surface area contributed by atoms with Crippen molar-refractivity contribution < 1.29 is 14.3 Å². The van der Waals surface area contributed by atoms with Crippen molar-refractivity contribution in [3.8, 4) is 0 Å². The zero-order valence-electron chi connectivity index (χ0n) is 10.9. The summed E-state index contributed by atoms with van der Waals surface area (Å²) in [6.07, 6.45) is 0. The molecule has 20 heavy (non-hydrogen) atoms.